The maximum atomic E-state index is 12.3. The van der Waals surface area contributed by atoms with Gasteiger partial charge in [-0.2, -0.15) is 0 Å². The van der Waals surface area contributed by atoms with Crippen LogP contribution in [0.3, 0.4) is 0 Å². The van der Waals surface area contributed by atoms with Gasteiger partial charge in [-0.05, 0) is 24.5 Å². The van der Waals surface area contributed by atoms with E-state index in [1.807, 2.05) is 36.4 Å². The van der Waals surface area contributed by atoms with Gasteiger partial charge in [0.05, 0.1) is 5.57 Å². The molecule has 0 radical (unpaired) electrons. The molecule has 0 aromatic heterocycles. The molecule has 1 fully saturated rings. The van der Waals surface area contributed by atoms with Crippen molar-refractivity contribution in [3.63, 3.8) is 0 Å². The van der Waals surface area contributed by atoms with Gasteiger partial charge in [0, 0.05) is 11.8 Å². The van der Waals surface area contributed by atoms with E-state index in [1.54, 1.807) is 6.08 Å². The number of aliphatic hydroxyl groups excluding tert-OH is 1. The molecule has 2 heteroatoms. The van der Waals surface area contributed by atoms with Crippen LogP contribution in [0.1, 0.15) is 31.2 Å². The molecule has 0 saturated heterocycles. The lowest BCUT2D eigenvalue weighted by Crippen LogP contribution is -2.21. The molecule has 2 nitrogen and oxygen atoms in total. The number of Topliss-reactive ketones (excluding diaryl/α,β-unsaturated/α-hetero) is 1. The molecule has 2 aliphatic carbocycles. The summed E-state index contributed by atoms with van der Waals surface area (Å²) in [6, 6.07) is 9.86. The Labute approximate surface area is 113 Å². The first kappa shape index (κ1) is 12.2. The molecule has 19 heavy (non-hydrogen) atoms. The average molecular weight is 254 g/mol. The van der Waals surface area contributed by atoms with E-state index in [2.05, 4.69) is 0 Å². The first-order valence-corrected chi connectivity index (χ1v) is 6.98. The Kier molecular flexibility index (Phi) is 3.24. The summed E-state index contributed by atoms with van der Waals surface area (Å²) in [5.41, 5.74) is 1.58. The lowest BCUT2D eigenvalue weighted by molar-refractivity contribution is -0.119. The molecule has 98 valence electrons. The summed E-state index contributed by atoms with van der Waals surface area (Å²) in [4.78, 5) is 12.3. The van der Waals surface area contributed by atoms with Gasteiger partial charge < -0.3 is 5.11 Å². The molecular formula is C17H18O2. The highest BCUT2D eigenvalue weighted by molar-refractivity contribution is 6.03. The Morgan fingerprint density at radius 1 is 1.00 bits per heavy atom. The summed E-state index contributed by atoms with van der Waals surface area (Å²) in [5.74, 6) is 0.567. The van der Waals surface area contributed by atoms with Gasteiger partial charge in [0.1, 0.15) is 5.76 Å². The molecule has 0 bridgehead atoms. The molecular weight excluding hydrogens is 236 g/mol. The molecule has 1 aromatic carbocycles. The highest BCUT2D eigenvalue weighted by Crippen LogP contribution is 2.42. The van der Waals surface area contributed by atoms with Crippen molar-refractivity contribution >= 4 is 11.9 Å². The highest BCUT2D eigenvalue weighted by atomic mass is 16.3. The summed E-state index contributed by atoms with van der Waals surface area (Å²) in [5, 5.41) is 10.2. The van der Waals surface area contributed by atoms with Gasteiger partial charge in [0.15, 0.2) is 5.78 Å². The van der Waals surface area contributed by atoms with Gasteiger partial charge >= 0.3 is 0 Å². The van der Waals surface area contributed by atoms with Crippen LogP contribution < -0.4 is 0 Å². The van der Waals surface area contributed by atoms with Gasteiger partial charge in [0.25, 0.3) is 0 Å². The van der Waals surface area contributed by atoms with E-state index < -0.39 is 0 Å². The van der Waals surface area contributed by atoms with Crippen LogP contribution in [0.4, 0.5) is 0 Å². The Hall–Kier alpha value is -1.83. The normalized spacial score (nSPS) is 27.1. The minimum Gasteiger partial charge on any atom is -0.511 e. The molecule has 0 spiro atoms. The molecule has 2 aliphatic rings. The zero-order valence-electron chi connectivity index (χ0n) is 10.9. The molecule has 0 amide bonds. The topological polar surface area (TPSA) is 37.3 Å². The first-order valence-electron chi connectivity index (χ1n) is 6.98. The van der Waals surface area contributed by atoms with Crippen molar-refractivity contribution in [3.05, 3.63) is 53.3 Å². The second-order valence-electron chi connectivity index (χ2n) is 5.40. The van der Waals surface area contributed by atoms with Crippen LogP contribution in [-0.4, -0.2) is 10.9 Å². The molecule has 0 heterocycles. The number of rotatable bonds is 2. The van der Waals surface area contributed by atoms with Crippen LogP contribution in [0.25, 0.3) is 6.08 Å². The van der Waals surface area contributed by atoms with Crippen LogP contribution in [0, 0.1) is 11.8 Å². The van der Waals surface area contributed by atoms with Crippen molar-refractivity contribution in [1.29, 1.82) is 0 Å². The number of carbonyl (C=O) groups is 1. The van der Waals surface area contributed by atoms with Crippen molar-refractivity contribution in [2.45, 2.75) is 25.7 Å². The van der Waals surface area contributed by atoms with Crippen molar-refractivity contribution in [2.75, 3.05) is 0 Å². The highest BCUT2D eigenvalue weighted by Gasteiger charge is 2.41. The van der Waals surface area contributed by atoms with Crippen molar-refractivity contribution in [3.8, 4) is 0 Å². The van der Waals surface area contributed by atoms with E-state index >= 15 is 0 Å². The van der Waals surface area contributed by atoms with E-state index in [0.29, 0.717) is 11.3 Å². The Morgan fingerprint density at radius 2 is 1.68 bits per heavy atom. The molecule has 1 N–H and O–H groups in total. The quantitative estimate of drug-likeness (QED) is 0.869. The minimum absolute atomic E-state index is 0.0316. The maximum Gasteiger partial charge on any atom is 0.170 e. The van der Waals surface area contributed by atoms with Crippen LogP contribution in [0.2, 0.25) is 0 Å². The first-order chi connectivity index (χ1) is 9.27. The number of carbonyl (C=O) groups excluding carboxylic acids is 1. The largest absolute Gasteiger partial charge is 0.511 e. The SMILES string of the molecule is O=C1C(/C=C/c2ccccc2)=C(O)[C@@H]2CCCC[C@H]12. The van der Waals surface area contributed by atoms with Crippen molar-refractivity contribution < 1.29 is 9.90 Å². The Bertz CT molecular complexity index is 540. The average Bonchev–Trinajstić information content (AvgIpc) is 2.71. The van der Waals surface area contributed by atoms with Gasteiger partial charge in [-0.15, -0.1) is 0 Å². The molecule has 0 aliphatic heterocycles. The lowest BCUT2D eigenvalue weighted by Gasteiger charge is -2.23. The van der Waals surface area contributed by atoms with Gasteiger partial charge in [-0.3, -0.25) is 4.79 Å². The van der Waals surface area contributed by atoms with Gasteiger partial charge in [0.2, 0.25) is 0 Å². The monoisotopic (exact) mass is 254 g/mol. The lowest BCUT2D eigenvalue weighted by atomic mass is 9.80. The Balaban J connectivity index is 1.86. The zero-order valence-corrected chi connectivity index (χ0v) is 10.9. The number of allylic oxidation sites excluding steroid dienone is 3. The number of hydrogen-bond acceptors (Lipinski definition) is 2. The summed E-state index contributed by atoms with van der Waals surface area (Å²) < 4.78 is 0. The van der Waals surface area contributed by atoms with Gasteiger partial charge in [-0.25, -0.2) is 0 Å². The number of aliphatic hydroxyl groups is 1. The van der Waals surface area contributed by atoms with E-state index in [1.165, 1.54) is 0 Å². The molecule has 0 unspecified atom stereocenters. The maximum absolute atomic E-state index is 12.3. The van der Waals surface area contributed by atoms with Crippen molar-refractivity contribution in [1.82, 2.24) is 0 Å². The van der Waals surface area contributed by atoms with Gasteiger partial charge in [-0.1, -0.05) is 49.2 Å². The van der Waals surface area contributed by atoms with E-state index in [9.17, 15) is 9.90 Å². The molecule has 3 rings (SSSR count). The van der Waals surface area contributed by atoms with Crippen LogP contribution >= 0.6 is 0 Å². The third-order valence-electron chi connectivity index (χ3n) is 4.24. The second-order valence-corrected chi connectivity index (χ2v) is 5.40. The fraction of sp³-hybridized carbons (Fsp3) is 0.353. The van der Waals surface area contributed by atoms with Crippen LogP contribution in [0.5, 0.6) is 0 Å². The van der Waals surface area contributed by atoms with E-state index in [-0.39, 0.29) is 17.6 Å². The number of ketones is 1. The molecule has 1 aromatic rings. The zero-order chi connectivity index (χ0) is 13.2. The van der Waals surface area contributed by atoms with Crippen molar-refractivity contribution in [2.24, 2.45) is 11.8 Å². The number of hydrogen-bond donors (Lipinski definition) is 1. The summed E-state index contributed by atoms with van der Waals surface area (Å²) in [6.45, 7) is 0. The molecule has 2 atom stereocenters. The third kappa shape index (κ3) is 2.23. The minimum atomic E-state index is 0.0316. The number of benzene rings is 1. The van der Waals surface area contributed by atoms with Crippen LogP contribution in [-0.2, 0) is 4.79 Å². The van der Waals surface area contributed by atoms with E-state index in [0.717, 1.165) is 31.2 Å². The summed E-state index contributed by atoms with van der Waals surface area (Å²) in [7, 11) is 0. The third-order valence-corrected chi connectivity index (χ3v) is 4.24. The predicted octanol–water partition coefficient (Wildman–Crippen LogP) is 3.90. The predicted molar refractivity (Wildman–Crippen MR) is 75.6 cm³/mol. The van der Waals surface area contributed by atoms with Crippen LogP contribution in [0.15, 0.2) is 47.7 Å². The second kappa shape index (κ2) is 5.04. The number of fused-ring (bicyclic) bond motifs is 1. The fourth-order valence-electron chi connectivity index (χ4n) is 3.21. The summed E-state index contributed by atoms with van der Waals surface area (Å²) >= 11 is 0. The van der Waals surface area contributed by atoms with E-state index in [4.69, 9.17) is 0 Å². The smallest absolute Gasteiger partial charge is 0.170 e. The Morgan fingerprint density at radius 3 is 2.37 bits per heavy atom. The summed E-state index contributed by atoms with van der Waals surface area (Å²) in [6.07, 6.45) is 7.79. The molecule has 1 saturated carbocycles. The fourth-order valence-corrected chi connectivity index (χ4v) is 3.21. The standard InChI is InChI=1S/C17H18O2/c18-16-13-8-4-5-9-14(13)17(19)15(16)11-10-12-6-2-1-3-7-12/h1-3,6-7,10-11,13-14,18H,4-5,8-9H2/b11-10+/t13-,14+/m1/s1.